The van der Waals surface area contributed by atoms with Gasteiger partial charge < -0.3 is 14.6 Å². The van der Waals surface area contributed by atoms with Gasteiger partial charge in [0.15, 0.2) is 5.78 Å². The molecule has 9 heteroatoms. The summed E-state index contributed by atoms with van der Waals surface area (Å²) in [6, 6.07) is 8.04. The van der Waals surface area contributed by atoms with E-state index in [1.807, 2.05) is 0 Å². The van der Waals surface area contributed by atoms with Crippen LogP contribution in [0.25, 0.3) is 0 Å². The molecule has 0 aliphatic heterocycles. The minimum atomic E-state index is -4.77. The number of halogens is 3. The van der Waals surface area contributed by atoms with Crippen molar-refractivity contribution in [3.63, 3.8) is 0 Å². The average molecular weight is 397 g/mol. The molecule has 0 atom stereocenters. The molecule has 0 saturated heterocycles. The zero-order valence-corrected chi connectivity index (χ0v) is 15.0. The first-order valence-corrected chi connectivity index (χ1v) is 8.40. The van der Waals surface area contributed by atoms with E-state index in [-0.39, 0.29) is 43.1 Å². The van der Waals surface area contributed by atoms with Gasteiger partial charge in [-0.25, -0.2) is 4.98 Å². The number of rotatable bonds is 8. The fourth-order valence-corrected chi connectivity index (χ4v) is 2.38. The van der Waals surface area contributed by atoms with E-state index in [1.54, 1.807) is 6.92 Å². The lowest BCUT2D eigenvalue weighted by Crippen LogP contribution is -2.17. The second kappa shape index (κ2) is 9.20. The predicted octanol–water partition coefficient (Wildman–Crippen LogP) is 3.80. The van der Waals surface area contributed by atoms with Gasteiger partial charge in [-0.1, -0.05) is 12.1 Å². The third kappa shape index (κ3) is 6.57. The van der Waals surface area contributed by atoms with E-state index >= 15 is 0 Å². The van der Waals surface area contributed by atoms with Crippen molar-refractivity contribution >= 4 is 11.8 Å². The summed E-state index contributed by atoms with van der Waals surface area (Å²) in [6.07, 6.45) is -4.82. The van der Waals surface area contributed by atoms with Crippen LogP contribution in [0, 0.1) is 0 Å². The number of ether oxygens (including phenoxy) is 2. The summed E-state index contributed by atoms with van der Waals surface area (Å²) in [5.74, 6) is -1.69. The Kier molecular flexibility index (Phi) is 6.97. The Morgan fingerprint density at radius 2 is 1.75 bits per heavy atom. The molecule has 2 rings (SSSR count). The number of Topliss-reactive ketones (excluding diaryl/α,β-unsaturated/α-hetero) is 1. The Hall–Kier alpha value is -3.10. The quantitative estimate of drug-likeness (QED) is 0.539. The highest BCUT2D eigenvalue weighted by molar-refractivity contribution is 5.98. The standard InChI is InChI=1S/C19H18F3NO5/c1-2-27-17(26)10-9-16(25)18-15(24)8-5-13(23-18)11-12-3-6-14(7-4-12)28-19(20,21)22/h3-8,24H,2,9-11H2,1H3. The number of aromatic nitrogens is 1. The lowest BCUT2D eigenvalue weighted by molar-refractivity contribution is -0.274. The normalized spacial score (nSPS) is 11.1. The Morgan fingerprint density at radius 3 is 2.36 bits per heavy atom. The molecule has 0 radical (unpaired) electrons. The number of hydrogen-bond donors (Lipinski definition) is 1. The van der Waals surface area contributed by atoms with Crippen molar-refractivity contribution in [1.29, 1.82) is 0 Å². The van der Waals surface area contributed by atoms with Gasteiger partial charge in [-0.3, -0.25) is 9.59 Å². The molecule has 1 N–H and O–H groups in total. The Morgan fingerprint density at radius 1 is 1.07 bits per heavy atom. The molecule has 0 unspecified atom stereocenters. The van der Waals surface area contributed by atoms with Crippen molar-refractivity contribution in [1.82, 2.24) is 4.98 Å². The first kappa shape index (κ1) is 21.2. The zero-order chi connectivity index (χ0) is 20.7. The van der Waals surface area contributed by atoms with Crippen molar-refractivity contribution in [3.8, 4) is 11.5 Å². The Balaban J connectivity index is 2.06. The van der Waals surface area contributed by atoms with Gasteiger partial charge in [0.1, 0.15) is 17.2 Å². The molecule has 0 bridgehead atoms. The van der Waals surface area contributed by atoms with Gasteiger partial charge in [0.25, 0.3) is 0 Å². The molecule has 6 nitrogen and oxygen atoms in total. The molecule has 0 aliphatic carbocycles. The number of benzene rings is 1. The molecule has 0 spiro atoms. The van der Waals surface area contributed by atoms with Crippen LogP contribution in [0.1, 0.15) is 41.5 Å². The summed E-state index contributed by atoms with van der Waals surface area (Å²) >= 11 is 0. The fourth-order valence-electron chi connectivity index (χ4n) is 2.38. The fraction of sp³-hybridized carbons (Fsp3) is 0.316. The van der Waals surface area contributed by atoms with E-state index in [9.17, 15) is 27.9 Å². The first-order chi connectivity index (χ1) is 13.2. The van der Waals surface area contributed by atoms with Crippen molar-refractivity contribution < 1.29 is 37.3 Å². The van der Waals surface area contributed by atoms with Gasteiger partial charge in [-0.2, -0.15) is 0 Å². The number of hydrogen-bond acceptors (Lipinski definition) is 6. The van der Waals surface area contributed by atoms with E-state index in [0.717, 1.165) is 0 Å². The van der Waals surface area contributed by atoms with Crippen molar-refractivity contribution in [2.45, 2.75) is 32.5 Å². The van der Waals surface area contributed by atoms with Crippen molar-refractivity contribution in [2.75, 3.05) is 6.61 Å². The maximum atomic E-state index is 12.2. The second-order valence-electron chi connectivity index (χ2n) is 5.77. The summed E-state index contributed by atoms with van der Waals surface area (Å²) in [5.41, 5.74) is 0.901. The van der Waals surface area contributed by atoms with E-state index < -0.39 is 18.1 Å². The number of ketones is 1. The lowest BCUT2D eigenvalue weighted by atomic mass is 10.1. The molecule has 0 fully saturated rings. The molecule has 0 saturated carbocycles. The molecule has 0 amide bonds. The van der Waals surface area contributed by atoms with Gasteiger partial charge in [-0.05, 0) is 36.8 Å². The number of pyridine rings is 1. The van der Waals surface area contributed by atoms with Gasteiger partial charge >= 0.3 is 12.3 Å². The third-order valence-corrected chi connectivity index (χ3v) is 3.60. The van der Waals surface area contributed by atoms with E-state index in [0.29, 0.717) is 11.3 Å². The average Bonchev–Trinajstić information content (AvgIpc) is 2.62. The highest BCUT2D eigenvalue weighted by Crippen LogP contribution is 2.24. The maximum absolute atomic E-state index is 12.2. The summed E-state index contributed by atoms with van der Waals surface area (Å²) in [7, 11) is 0. The molecule has 1 aromatic heterocycles. The third-order valence-electron chi connectivity index (χ3n) is 3.60. The largest absolute Gasteiger partial charge is 0.573 e. The van der Waals surface area contributed by atoms with Gasteiger partial charge in [-0.15, -0.1) is 13.2 Å². The minimum absolute atomic E-state index is 0.126. The zero-order valence-electron chi connectivity index (χ0n) is 15.0. The molecule has 1 aromatic carbocycles. The molecule has 150 valence electrons. The van der Waals surface area contributed by atoms with Crippen LogP contribution in [0.5, 0.6) is 11.5 Å². The SMILES string of the molecule is CCOC(=O)CCC(=O)c1nc(Cc2ccc(OC(F)(F)F)cc2)ccc1O. The van der Waals surface area contributed by atoms with Crippen molar-refractivity contribution in [3.05, 3.63) is 53.3 Å². The van der Waals surface area contributed by atoms with Crippen LogP contribution in [0.3, 0.4) is 0 Å². The van der Waals surface area contributed by atoms with Crippen LogP contribution in [-0.4, -0.2) is 34.8 Å². The smallest absolute Gasteiger partial charge is 0.506 e. The van der Waals surface area contributed by atoms with Crippen LogP contribution >= 0.6 is 0 Å². The van der Waals surface area contributed by atoms with Crippen LogP contribution in [0.2, 0.25) is 0 Å². The second-order valence-corrected chi connectivity index (χ2v) is 5.77. The van der Waals surface area contributed by atoms with Crippen LogP contribution < -0.4 is 4.74 Å². The number of carbonyl (C=O) groups is 2. The highest BCUT2D eigenvalue weighted by atomic mass is 19.4. The molecular weight excluding hydrogens is 379 g/mol. The van der Waals surface area contributed by atoms with Gasteiger partial charge in [0, 0.05) is 18.5 Å². The molecule has 1 heterocycles. The molecule has 2 aromatic rings. The number of alkyl halides is 3. The minimum Gasteiger partial charge on any atom is -0.506 e. The Bertz CT molecular complexity index is 834. The van der Waals surface area contributed by atoms with Gasteiger partial charge in [0.2, 0.25) is 0 Å². The number of aromatic hydroxyl groups is 1. The lowest BCUT2D eigenvalue weighted by Gasteiger charge is -2.10. The number of nitrogens with zero attached hydrogens (tertiary/aromatic N) is 1. The first-order valence-electron chi connectivity index (χ1n) is 8.40. The summed E-state index contributed by atoms with van der Waals surface area (Å²) in [4.78, 5) is 27.7. The summed E-state index contributed by atoms with van der Waals surface area (Å²) in [6.45, 7) is 1.86. The maximum Gasteiger partial charge on any atom is 0.573 e. The van der Waals surface area contributed by atoms with E-state index in [4.69, 9.17) is 4.74 Å². The number of esters is 1. The van der Waals surface area contributed by atoms with Crippen LogP contribution in [0.4, 0.5) is 13.2 Å². The molecular formula is C19H18F3NO5. The monoisotopic (exact) mass is 397 g/mol. The van der Waals surface area contributed by atoms with Crippen molar-refractivity contribution in [2.24, 2.45) is 0 Å². The topological polar surface area (TPSA) is 85.7 Å². The van der Waals surface area contributed by atoms with E-state index in [2.05, 4.69) is 9.72 Å². The molecule has 28 heavy (non-hydrogen) atoms. The highest BCUT2D eigenvalue weighted by Gasteiger charge is 2.30. The van der Waals surface area contributed by atoms with E-state index in [1.165, 1.54) is 36.4 Å². The van der Waals surface area contributed by atoms with Crippen LogP contribution in [-0.2, 0) is 16.0 Å². The predicted molar refractivity (Wildman–Crippen MR) is 92.0 cm³/mol. The van der Waals surface area contributed by atoms with Gasteiger partial charge in [0.05, 0.1) is 13.0 Å². The Labute approximate surface area is 158 Å². The van der Waals surface area contributed by atoms with Crippen LogP contribution in [0.15, 0.2) is 36.4 Å². The number of carbonyl (C=O) groups excluding carboxylic acids is 2. The summed E-state index contributed by atoms with van der Waals surface area (Å²) in [5, 5.41) is 9.86. The molecule has 0 aliphatic rings. The summed E-state index contributed by atoms with van der Waals surface area (Å²) < 4.78 is 45.1.